The van der Waals surface area contributed by atoms with Crippen molar-refractivity contribution in [2.24, 2.45) is 5.92 Å². The second kappa shape index (κ2) is 7.29. The van der Waals surface area contributed by atoms with Crippen LogP contribution in [0.4, 0.5) is 0 Å². The van der Waals surface area contributed by atoms with E-state index >= 15 is 0 Å². The fourth-order valence-electron chi connectivity index (χ4n) is 1.91. The second-order valence-corrected chi connectivity index (χ2v) is 5.09. The van der Waals surface area contributed by atoms with Gasteiger partial charge in [-0.25, -0.2) is 0 Å². The van der Waals surface area contributed by atoms with Crippen molar-refractivity contribution in [3.05, 3.63) is 41.5 Å². The molecule has 1 N–H and O–H groups in total. The number of hydrogen-bond donors (Lipinski definition) is 1. The molecule has 0 saturated carbocycles. The molecule has 0 fully saturated rings. The lowest BCUT2D eigenvalue weighted by molar-refractivity contribution is 0.557. The van der Waals surface area contributed by atoms with Gasteiger partial charge in [-0.15, -0.1) is 0 Å². The lowest BCUT2D eigenvalue weighted by atomic mass is 10.0. The van der Waals surface area contributed by atoms with Gasteiger partial charge in [0.15, 0.2) is 0 Å². The first-order valence-electron chi connectivity index (χ1n) is 6.54. The fraction of sp³-hybridized carbons (Fsp3) is 0.500. The zero-order chi connectivity index (χ0) is 12.7. The van der Waals surface area contributed by atoms with Crippen molar-refractivity contribution < 1.29 is 0 Å². The monoisotopic (exact) mass is 231 g/mol. The summed E-state index contributed by atoms with van der Waals surface area (Å²) in [6.07, 6.45) is 3.43. The van der Waals surface area contributed by atoms with E-state index in [1.54, 1.807) is 0 Å². The first-order chi connectivity index (χ1) is 8.11. The zero-order valence-electron chi connectivity index (χ0n) is 11.6. The molecule has 0 aliphatic carbocycles. The maximum absolute atomic E-state index is 3.46. The minimum absolute atomic E-state index is 0.733. The summed E-state index contributed by atoms with van der Waals surface area (Å²) in [6.45, 7) is 11.0. The van der Waals surface area contributed by atoms with Gasteiger partial charge in [-0.1, -0.05) is 44.2 Å². The molecule has 0 aliphatic rings. The smallest absolute Gasteiger partial charge is 0.00139 e. The van der Waals surface area contributed by atoms with Crippen molar-refractivity contribution in [2.45, 2.75) is 34.1 Å². The lowest BCUT2D eigenvalue weighted by Crippen LogP contribution is -2.20. The van der Waals surface area contributed by atoms with Crippen molar-refractivity contribution >= 4 is 5.57 Å². The minimum atomic E-state index is 0.733. The van der Waals surface area contributed by atoms with Crippen LogP contribution in [0.25, 0.3) is 5.57 Å². The van der Waals surface area contributed by atoms with E-state index in [-0.39, 0.29) is 0 Å². The minimum Gasteiger partial charge on any atom is -0.316 e. The van der Waals surface area contributed by atoms with Gasteiger partial charge in [0.05, 0.1) is 0 Å². The molecule has 0 bridgehead atoms. The van der Waals surface area contributed by atoms with Crippen molar-refractivity contribution in [3.8, 4) is 0 Å². The Morgan fingerprint density at radius 1 is 1.29 bits per heavy atom. The molecule has 1 aromatic carbocycles. The van der Waals surface area contributed by atoms with E-state index in [1.807, 2.05) is 0 Å². The SMILES string of the molecule is CC(=CCCNCC(C)C)c1ccccc1C. The van der Waals surface area contributed by atoms with E-state index in [0.717, 1.165) is 25.4 Å². The topological polar surface area (TPSA) is 12.0 Å². The molecule has 1 aromatic rings. The van der Waals surface area contributed by atoms with E-state index in [2.05, 4.69) is 63.4 Å². The van der Waals surface area contributed by atoms with E-state index in [9.17, 15) is 0 Å². The summed E-state index contributed by atoms with van der Waals surface area (Å²) < 4.78 is 0. The molecule has 0 heterocycles. The zero-order valence-corrected chi connectivity index (χ0v) is 11.6. The van der Waals surface area contributed by atoms with Crippen molar-refractivity contribution in [1.29, 1.82) is 0 Å². The first kappa shape index (κ1) is 14.0. The molecule has 0 aliphatic heterocycles. The third-order valence-electron chi connectivity index (χ3n) is 2.89. The molecule has 1 heteroatoms. The molecular weight excluding hydrogens is 206 g/mol. The first-order valence-corrected chi connectivity index (χ1v) is 6.54. The van der Waals surface area contributed by atoms with Crippen LogP contribution >= 0.6 is 0 Å². The van der Waals surface area contributed by atoms with E-state index in [4.69, 9.17) is 0 Å². The van der Waals surface area contributed by atoms with Crippen LogP contribution in [0.1, 0.15) is 38.3 Å². The van der Waals surface area contributed by atoms with Crippen molar-refractivity contribution in [1.82, 2.24) is 5.32 Å². The van der Waals surface area contributed by atoms with Gasteiger partial charge in [0, 0.05) is 0 Å². The Hall–Kier alpha value is -1.08. The Labute approximate surface area is 106 Å². The fourth-order valence-corrected chi connectivity index (χ4v) is 1.91. The van der Waals surface area contributed by atoms with Gasteiger partial charge in [0.25, 0.3) is 0 Å². The summed E-state index contributed by atoms with van der Waals surface area (Å²) in [5.74, 6) is 0.733. The van der Waals surface area contributed by atoms with Gasteiger partial charge >= 0.3 is 0 Å². The molecule has 0 atom stereocenters. The van der Waals surface area contributed by atoms with E-state index in [0.29, 0.717) is 0 Å². The molecule has 0 spiro atoms. The molecule has 0 aromatic heterocycles. The lowest BCUT2D eigenvalue weighted by Gasteiger charge is -2.07. The maximum Gasteiger partial charge on any atom is -0.00139 e. The van der Waals surface area contributed by atoms with Crippen LogP contribution < -0.4 is 5.32 Å². The summed E-state index contributed by atoms with van der Waals surface area (Å²) in [5, 5.41) is 3.46. The maximum atomic E-state index is 3.46. The van der Waals surface area contributed by atoms with Crippen LogP contribution in [-0.2, 0) is 0 Å². The van der Waals surface area contributed by atoms with Gasteiger partial charge in [-0.3, -0.25) is 0 Å². The number of nitrogens with one attached hydrogen (secondary N) is 1. The number of rotatable bonds is 6. The Morgan fingerprint density at radius 2 is 2.00 bits per heavy atom. The highest BCUT2D eigenvalue weighted by atomic mass is 14.8. The van der Waals surface area contributed by atoms with Gasteiger partial charge in [-0.2, -0.15) is 0 Å². The Bertz CT molecular complexity index is 364. The van der Waals surface area contributed by atoms with Gasteiger partial charge in [0.2, 0.25) is 0 Å². The van der Waals surface area contributed by atoms with Gasteiger partial charge in [-0.05, 0) is 56.0 Å². The third-order valence-corrected chi connectivity index (χ3v) is 2.89. The van der Waals surface area contributed by atoms with Crippen LogP contribution in [0.2, 0.25) is 0 Å². The normalized spacial score (nSPS) is 12.2. The molecule has 0 saturated heterocycles. The predicted molar refractivity (Wildman–Crippen MR) is 77.2 cm³/mol. The number of aryl methyl sites for hydroxylation is 1. The summed E-state index contributed by atoms with van der Waals surface area (Å²) in [7, 11) is 0. The average Bonchev–Trinajstić information content (AvgIpc) is 2.28. The standard InChI is InChI=1S/C16H25N/c1-13(2)12-17-11-7-9-15(4)16-10-6-5-8-14(16)3/h5-6,8-10,13,17H,7,11-12H2,1-4H3. The number of allylic oxidation sites excluding steroid dienone is 1. The predicted octanol–water partition coefficient (Wildman–Crippen LogP) is 4.03. The summed E-state index contributed by atoms with van der Waals surface area (Å²) in [4.78, 5) is 0. The van der Waals surface area contributed by atoms with Crippen LogP contribution in [0.3, 0.4) is 0 Å². The molecule has 0 unspecified atom stereocenters. The third kappa shape index (κ3) is 5.18. The van der Waals surface area contributed by atoms with Crippen LogP contribution in [0, 0.1) is 12.8 Å². The van der Waals surface area contributed by atoms with Crippen molar-refractivity contribution in [3.63, 3.8) is 0 Å². The molecule has 17 heavy (non-hydrogen) atoms. The number of hydrogen-bond acceptors (Lipinski definition) is 1. The molecule has 1 rings (SSSR count). The van der Waals surface area contributed by atoms with Crippen LogP contribution in [0.5, 0.6) is 0 Å². The highest BCUT2D eigenvalue weighted by molar-refractivity contribution is 5.66. The van der Waals surface area contributed by atoms with Crippen LogP contribution in [0.15, 0.2) is 30.3 Å². The van der Waals surface area contributed by atoms with Crippen LogP contribution in [-0.4, -0.2) is 13.1 Å². The Balaban J connectivity index is 2.42. The van der Waals surface area contributed by atoms with Gasteiger partial charge < -0.3 is 5.32 Å². The molecular formula is C16H25N. The van der Waals surface area contributed by atoms with Crippen molar-refractivity contribution in [2.75, 3.05) is 13.1 Å². The second-order valence-electron chi connectivity index (χ2n) is 5.09. The Morgan fingerprint density at radius 3 is 2.65 bits per heavy atom. The molecule has 0 amide bonds. The summed E-state index contributed by atoms with van der Waals surface area (Å²) in [6, 6.07) is 8.57. The largest absolute Gasteiger partial charge is 0.316 e. The van der Waals surface area contributed by atoms with Gasteiger partial charge in [0.1, 0.15) is 0 Å². The average molecular weight is 231 g/mol. The van der Waals surface area contributed by atoms with E-state index < -0.39 is 0 Å². The molecule has 0 radical (unpaired) electrons. The van der Waals surface area contributed by atoms with E-state index in [1.165, 1.54) is 16.7 Å². The highest BCUT2D eigenvalue weighted by Gasteiger charge is 1.98. The molecule has 94 valence electrons. The highest BCUT2D eigenvalue weighted by Crippen LogP contribution is 2.17. The summed E-state index contributed by atoms with van der Waals surface area (Å²) >= 11 is 0. The summed E-state index contributed by atoms with van der Waals surface area (Å²) in [5.41, 5.74) is 4.11. The number of benzene rings is 1. The molecule has 1 nitrogen and oxygen atoms in total. The Kier molecular flexibility index (Phi) is 5.99. The quantitative estimate of drug-likeness (QED) is 0.729.